The van der Waals surface area contributed by atoms with Gasteiger partial charge in [-0.1, -0.05) is 30.3 Å². The Morgan fingerprint density at radius 3 is 2.62 bits per heavy atom. The molecule has 0 saturated carbocycles. The summed E-state index contributed by atoms with van der Waals surface area (Å²) in [6.45, 7) is 2.88. The van der Waals surface area contributed by atoms with Crippen LogP contribution in [0.3, 0.4) is 0 Å². The zero-order valence-corrected chi connectivity index (χ0v) is 15.1. The van der Waals surface area contributed by atoms with Crippen molar-refractivity contribution in [2.45, 2.75) is 26.4 Å². The lowest BCUT2D eigenvalue weighted by atomic mass is 10.1. The molecule has 0 spiro atoms. The number of benzene rings is 1. The van der Waals surface area contributed by atoms with Crippen LogP contribution < -0.4 is 0 Å². The van der Waals surface area contributed by atoms with Gasteiger partial charge in [0.15, 0.2) is 9.84 Å². The minimum absolute atomic E-state index is 0.0290. The van der Waals surface area contributed by atoms with Crippen molar-refractivity contribution in [2.24, 2.45) is 5.92 Å². The first kappa shape index (κ1) is 17.1. The highest BCUT2D eigenvalue weighted by atomic mass is 32.2. The molecule has 1 aromatic carbocycles. The molecule has 1 aliphatic rings. The van der Waals surface area contributed by atoms with Crippen LogP contribution in [0.15, 0.2) is 35.8 Å². The summed E-state index contributed by atoms with van der Waals surface area (Å²) >= 11 is 1.52. The molecule has 2 heterocycles. The van der Waals surface area contributed by atoms with E-state index in [0.29, 0.717) is 19.5 Å². The SMILES string of the molecule is Cc1ncsc1CN(Cc1ccccc1)C(=O)C1CCS(=O)(=O)C1. The summed E-state index contributed by atoms with van der Waals surface area (Å²) in [5.41, 5.74) is 3.73. The van der Waals surface area contributed by atoms with Gasteiger partial charge < -0.3 is 4.90 Å². The minimum atomic E-state index is -3.07. The Balaban J connectivity index is 1.81. The van der Waals surface area contributed by atoms with Crippen molar-refractivity contribution >= 4 is 27.1 Å². The number of aromatic nitrogens is 1. The van der Waals surface area contributed by atoms with Crippen LogP contribution in [0, 0.1) is 12.8 Å². The first-order chi connectivity index (χ1) is 11.4. The molecule has 24 heavy (non-hydrogen) atoms. The van der Waals surface area contributed by atoms with Crippen LogP contribution in [-0.2, 0) is 27.7 Å². The molecule has 0 N–H and O–H groups in total. The molecule has 7 heteroatoms. The zero-order chi connectivity index (χ0) is 17.2. The molecule has 0 bridgehead atoms. The molecule has 3 rings (SSSR count). The van der Waals surface area contributed by atoms with Crippen LogP contribution >= 0.6 is 11.3 Å². The average molecular weight is 364 g/mol. The van der Waals surface area contributed by atoms with Crippen LogP contribution in [0.5, 0.6) is 0 Å². The van der Waals surface area contributed by atoms with Crippen molar-refractivity contribution in [1.82, 2.24) is 9.88 Å². The third kappa shape index (κ3) is 4.02. The van der Waals surface area contributed by atoms with Crippen LogP contribution in [-0.4, -0.2) is 35.7 Å². The van der Waals surface area contributed by atoms with Crippen LogP contribution in [0.4, 0.5) is 0 Å². The van der Waals surface area contributed by atoms with E-state index in [2.05, 4.69) is 4.98 Å². The van der Waals surface area contributed by atoms with Gasteiger partial charge in [-0.05, 0) is 18.9 Å². The molecule has 1 atom stereocenters. The van der Waals surface area contributed by atoms with E-state index in [1.54, 1.807) is 10.4 Å². The monoisotopic (exact) mass is 364 g/mol. The summed E-state index contributed by atoms with van der Waals surface area (Å²) < 4.78 is 23.4. The molecule has 2 aromatic rings. The first-order valence-corrected chi connectivity index (χ1v) is 10.6. The lowest BCUT2D eigenvalue weighted by Crippen LogP contribution is -2.35. The Bertz CT molecular complexity index is 815. The predicted octanol–water partition coefficient (Wildman–Crippen LogP) is 2.42. The predicted molar refractivity (Wildman–Crippen MR) is 94.3 cm³/mol. The highest BCUT2D eigenvalue weighted by Gasteiger charge is 2.35. The molecule has 0 aliphatic carbocycles. The Morgan fingerprint density at radius 1 is 1.29 bits per heavy atom. The van der Waals surface area contributed by atoms with E-state index >= 15 is 0 Å². The van der Waals surface area contributed by atoms with E-state index in [0.717, 1.165) is 16.1 Å². The number of rotatable bonds is 5. The maximum absolute atomic E-state index is 12.9. The molecular weight excluding hydrogens is 344 g/mol. The van der Waals surface area contributed by atoms with E-state index in [4.69, 9.17) is 0 Å². The van der Waals surface area contributed by atoms with Crippen LogP contribution in [0.2, 0.25) is 0 Å². The van der Waals surface area contributed by atoms with Crippen LogP contribution in [0.25, 0.3) is 0 Å². The number of hydrogen-bond donors (Lipinski definition) is 0. The summed E-state index contributed by atoms with van der Waals surface area (Å²) in [7, 11) is -3.07. The van der Waals surface area contributed by atoms with Gasteiger partial charge in [0.2, 0.25) is 5.91 Å². The normalized spacial score (nSPS) is 19.3. The van der Waals surface area contributed by atoms with E-state index in [-0.39, 0.29) is 17.4 Å². The number of hydrogen-bond acceptors (Lipinski definition) is 5. The van der Waals surface area contributed by atoms with Crippen molar-refractivity contribution in [2.75, 3.05) is 11.5 Å². The maximum atomic E-state index is 12.9. The Morgan fingerprint density at radius 2 is 2.04 bits per heavy atom. The van der Waals surface area contributed by atoms with Gasteiger partial charge in [0.05, 0.1) is 35.2 Å². The topological polar surface area (TPSA) is 67.3 Å². The largest absolute Gasteiger partial charge is 0.333 e. The summed E-state index contributed by atoms with van der Waals surface area (Å²) in [5.74, 6) is -0.416. The number of sulfone groups is 1. The van der Waals surface area contributed by atoms with Gasteiger partial charge in [0, 0.05) is 11.4 Å². The fraction of sp³-hybridized carbons (Fsp3) is 0.412. The van der Waals surface area contributed by atoms with E-state index in [1.807, 2.05) is 37.3 Å². The standard InChI is InChI=1S/C17H20N2O3S2/c1-13-16(23-12-18-13)10-19(9-14-5-3-2-4-6-14)17(20)15-7-8-24(21,22)11-15/h2-6,12,15H,7-11H2,1H3. The number of carbonyl (C=O) groups is 1. The van der Waals surface area contributed by atoms with Gasteiger partial charge in [-0.15, -0.1) is 11.3 Å². The summed E-state index contributed by atoms with van der Waals surface area (Å²) in [5, 5.41) is 0. The summed E-state index contributed by atoms with van der Waals surface area (Å²) in [6, 6.07) is 9.77. The highest BCUT2D eigenvalue weighted by molar-refractivity contribution is 7.91. The van der Waals surface area contributed by atoms with E-state index in [1.165, 1.54) is 11.3 Å². The van der Waals surface area contributed by atoms with Gasteiger partial charge in [-0.2, -0.15) is 0 Å². The molecular formula is C17H20N2O3S2. The number of thiazole rings is 1. The average Bonchev–Trinajstić information content (AvgIpc) is 3.12. The molecule has 1 fully saturated rings. The van der Waals surface area contributed by atoms with Crippen molar-refractivity contribution in [3.8, 4) is 0 Å². The van der Waals surface area contributed by atoms with E-state index in [9.17, 15) is 13.2 Å². The van der Waals surface area contributed by atoms with Crippen molar-refractivity contribution in [3.05, 3.63) is 52.0 Å². The Kier molecular flexibility index (Phi) is 5.01. The lowest BCUT2D eigenvalue weighted by Gasteiger charge is -2.25. The second-order valence-corrected chi connectivity index (χ2v) is 9.31. The summed E-state index contributed by atoms with van der Waals surface area (Å²) in [4.78, 5) is 20.0. The molecule has 0 radical (unpaired) electrons. The van der Waals surface area contributed by atoms with Crippen molar-refractivity contribution in [3.63, 3.8) is 0 Å². The highest BCUT2D eigenvalue weighted by Crippen LogP contribution is 2.24. The molecule has 1 saturated heterocycles. The molecule has 1 amide bonds. The van der Waals surface area contributed by atoms with E-state index < -0.39 is 15.8 Å². The summed E-state index contributed by atoms with van der Waals surface area (Å²) in [6.07, 6.45) is 0.425. The molecule has 1 unspecified atom stereocenters. The fourth-order valence-corrected chi connectivity index (χ4v) is 5.44. The second-order valence-electron chi connectivity index (χ2n) is 6.14. The van der Waals surface area contributed by atoms with Gasteiger partial charge >= 0.3 is 0 Å². The second kappa shape index (κ2) is 7.03. The lowest BCUT2D eigenvalue weighted by molar-refractivity contribution is -0.136. The molecule has 1 aliphatic heterocycles. The first-order valence-electron chi connectivity index (χ1n) is 7.87. The Hall–Kier alpha value is -1.73. The molecule has 1 aromatic heterocycles. The third-order valence-corrected chi connectivity index (χ3v) is 6.98. The maximum Gasteiger partial charge on any atom is 0.227 e. The Labute approximate surface area is 146 Å². The van der Waals surface area contributed by atoms with Crippen LogP contribution in [0.1, 0.15) is 22.6 Å². The van der Waals surface area contributed by atoms with Crippen molar-refractivity contribution < 1.29 is 13.2 Å². The third-order valence-electron chi connectivity index (χ3n) is 4.29. The number of amides is 1. The molecule has 128 valence electrons. The van der Waals surface area contributed by atoms with Gasteiger partial charge in [-0.3, -0.25) is 4.79 Å². The minimum Gasteiger partial charge on any atom is -0.333 e. The van der Waals surface area contributed by atoms with Gasteiger partial charge in [0.1, 0.15) is 0 Å². The quantitative estimate of drug-likeness (QED) is 0.817. The number of nitrogens with zero attached hydrogens (tertiary/aromatic N) is 2. The number of aryl methyl sites for hydroxylation is 1. The molecule has 5 nitrogen and oxygen atoms in total. The smallest absolute Gasteiger partial charge is 0.227 e. The van der Waals surface area contributed by atoms with Gasteiger partial charge in [0.25, 0.3) is 0 Å². The van der Waals surface area contributed by atoms with Gasteiger partial charge in [-0.25, -0.2) is 13.4 Å². The van der Waals surface area contributed by atoms with Crippen molar-refractivity contribution in [1.29, 1.82) is 0 Å². The number of carbonyl (C=O) groups excluding carboxylic acids is 1. The fourth-order valence-electron chi connectivity index (χ4n) is 2.91. The zero-order valence-electron chi connectivity index (χ0n) is 13.5.